The topological polar surface area (TPSA) is 68.3 Å². The second-order valence-corrected chi connectivity index (χ2v) is 8.65. The average Bonchev–Trinajstić information content (AvgIpc) is 2.44. The lowest BCUT2D eigenvalue weighted by molar-refractivity contribution is -0.137. The van der Waals surface area contributed by atoms with Crippen molar-refractivity contribution < 1.29 is 30.0 Å². The molecular weight excluding hydrogens is 329 g/mol. The Hall–Kier alpha value is -1.35. The second-order valence-electron chi connectivity index (χ2n) is 4.60. The summed E-state index contributed by atoms with van der Waals surface area (Å²) < 4.78 is 85.4. The van der Waals surface area contributed by atoms with Crippen LogP contribution in [0.3, 0.4) is 0 Å². The van der Waals surface area contributed by atoms with Gasteiger partial charge in [0.1, 0.15) is 0 Å². The molecule has 0 atom stereocenters. The fourth-order valence-corrected chi connectivity index (χ4v) is 5.52. The maximum absolute atomic E-state index is 12.7. The summed E-state index contributed by atoms with van der Waals surface area (Å²) in [6, 6.07) is 3.64. The van der Waals surface area contributed by atoms with Crippen molar-refractivity contribution in [2.24, 2.45) is 0 Å². The number of rotatable bonds is 1. The standard InChI is InChI=1S/C12H11F3O4S2/c13-12(14,15)10-4-1-3-9(7-10)11-8-20(16,17)5-2-6-21(11,18)19/h1,3-4,7-8H,2,5-6H2. The first-order valence-electron chi connectivity index (χ1n) is 5.86. The van der Waals surface area contributed by atoms with Gasteiger partial charge < -0.3 is 0 Å². The summed E-state index contributed by atoms with van der Waals surface area (Å²) >= 11 is 0. The Labute approximate surface area is 120 Å². The summed E-state index contributed by atoms with van der Waals surface area (Å²) in [4.78, 5) is -0.578. The zero-order valence-corrected chi connectivity index (χ0v) is 12.2. The molecule has 0 radical (unpaired) electrons. The summed E-state index contributed by atoms with van der Waals surface area (Å²) in [7, 11) is -7.69. The van der Waals surface area contributed by atoms with E-state index in [4.69, 9.17) is 0 Å². The molecular formula is C12H11F3O4S2. The van der Waals surface area contributed by atoms with Crippen LogP contribution in [0.4, 0.5) is 13.2 Å². The van der Waals surface area contributed by atoms with Gasteiger partial charge in [-0.1, -0.05) is 12.1 Å². The van der Waals surface area contributed by atoms with Gasteiger partial charge in [0.25, 0.3) is 0 Å². The van der Waals surface area contributed by atoms with E-state index < -0.39 is 42.1 Å². The minimum Gasteiger partial charge on any atom is -0.224 e. The van der Waals surface area contributed by atoms with Crippen LogP contribution < -0.4 is 0 Å². The predicted octanol–water partition coefficient (Wildman–Crippen LogP) is 2.24. The molecule has 1 heterocycles. The van der Waals surface area contributed by atoms with Gasteiger partial charge in [-0.25, -0.2) is 16.8 Å². The van der Waals surface area contributed by atoms with Crippen molar-refractivity contribution in [1.29, 1.82) is 0 Å². The number of hydrogen-bond donors (Lipinski definition) is 0. The molecule has 2 rings (SSSR count). The fourth-order valence-electron chi connectivity index (χ4n) is 1.95. The van der Waals surface area contributed by atoms with Gasteiger partial charge in [0, 0.05) is 5.41 Å². The molecule has 0 N–H and O–H groups in total. The van der Waals surface area contributed by atoms with Gasteiger partial charge in [0.2, 0.25) is 0 Å². The third-order valence-corrected chi connectivity index (χ3v) is 6.39. The average molecular weight is 340 g/mol. The Morgan fingerprint density at radius 1 is 1.00 bits per heavy atom. The van der Waals surface area contributed by atoms with E-state index in [1.165, 1.54) is 0 Å². The van der Waals surface area contributed by atoms with Crippen molar-refractivity contribution >= 4 is 24.6 Å². The van der Waals surface area contributed by atoms with Crippen molar-refractivity contribution in [3.05, 3.63) is 40.8 Å². The molecule has 0 fully saturated rings. The van der Waals surface area contributed by atoms with E-state index in [-0.39, 0.29) is 17.7 Å². The van der Waals surface area contributed by atoms with Gasteiger partial charge >= 0.3 is 6.18 Å². The maximum Gasteiger partial charge on any atom is 0.416 e. The highest BCUT2D eigenvalue weighted by atomic mass is 32.2. The predicted molar refractivity (Wildman–Crippen MR) is 71.6 cm³/mol. The van der Waals surface area contributed by atoms with Gasteiger partial charge in [-0.2, -0.15) is 13.2 Å². The third-order valence-electron chi connectivity index (χ3n) is 2.94. The van der Waals surface area contributed by atoms with E-state index in [9.17, 15) is 30.0 Å². The van der Waals surface area contributed by atoms with Crippen molar-refractivity contribution in [3.8, 4) is 0 Å². The molecule has 0 saturated heterocycles. The van der Waals surface area contributed by atoms with Crippen LogP contribution >= 0.6 is 0 Å². The fraction of sp³-hybridized carbons (Fsp3) is 0.333. The third kappa shape index (κ3) is 3.65. The number of sulfone groups is 2. The Kier molecular flexibility index (Phi) is 3.92. The molecule has 4 nitrogen and oxygen atoms in total. The van der Waals surface area contributed by atoms with Crippen LogP contribution in [0, 0.1) is 0 Å². The van der Waals surface area contributed by atoms with Crippen molar-refractivity contribution in [2.75, 3.05) is 11.5 Å². The molecule has 21 heavy (non-hydrogen) atoms. The van der Waals surface area contributed by atoms with Crippen LogP contribution in [0.25, 0.3) is 4.91 Å². The molecule has 0 aliphatic carbocycles. The van der Waals surface area contributed by atoms with Gasteiger partial charge in [-0.05, 0) is 24.1 Å². The van der Waals surface area contributed by atoms with Crippen molar-refractivity contribution in [3.63, 3.8) is 0 Å². The highest BCUT2D eigenvalue weighted by Crippen LogP contribution is 2.33. The quantitative estimate of drug-likeness (QED) is 0.786. The van der Waals surface area contributed by atoms with Crippen molar-refractivity contribution in [1.82, 2.24) is 0 Å². The maximum atomic E-state index is 12.7. The molecule has 116 valence electrons. The molecule has 0 amide bonds. The molecule has 1 aromatic rings. The molecule has 0 saturated carbocycles. The minimum absolute atomic E-state index is 0.0797. The molecule has 0 unspecified atom stereocenters. The number of hydrogen-bond acceptors (Lipinski definition) is 4. The van der Waals surface area contributed by atoms with E-state index in [1.807, 2.05) is 0 Å². The SMILES string of the molecule is O=S1(=O)C=C(c2cccc(C(F)(F)F)c2)S(=O)(=O)CCC1. The largest absolute Gasteiger partial charge is 0.416 e. The van der Waals surface area contributed by atoms with E-state index in [0.29, 0.717) is 11.5 Å². The van der Waals surface area contributed by atoms with Crippen molar-refractivity contribution in [2.45, 2.75) is 12.6 Å². The molecule has 0 aromatic heterocycles. The Balaban J connectivity index is 2.65. The normalized spacial score (nSPS) is 21.4. The molecule has 1 aromatic carbocycles. The van der Waals surface area contributed by atoms with E-state index in [2.05, 4.69) is 0 Å². The van der Waals surface area contributed by atoms with Crippen LogP contribution in [0.5, 0.6) is 0 Å². The van der Waals surface area contributed by atoms with Gasteiger partial charge in [-0.3, -0.25) is 0 Å². The molecule has 1 aliphatic heterocycles. The summed E-state index contributed by atoms with van der Waals surface area (Å²) in [5.74, 6) is -0.747. The lowest BCUT2D eigenvalue weighted by Gasteiger charge is -2.10. The summed E-state index contributed by atoms with van der Waals surface area (Å²) in [6.45, 7) is 0. The number of halogens is 3. The Bertz CT molecular complexity index is 790. The Morgan fingerprint density at radius 2 is 1.67 bits per heavy atom. The summed E-state index contributed by atoms with van der Waals surface area (Å²) in [5.41, 5.74) is -1.30. The van der Waals surface area contributed by atoms with E-state index >= 15 is 0 Å². The van der Waals surface area contributed by atoms with Crippen LogP contribution in [0.1, 0.15) is 17.5 Å². The van der Waals surface area contributed by atoms with Gasteiger partial charge in [0.05, 0.1) is 22.0 Å². The highest BCUT2D eigenvalue weighted by Gasteiger charge is 2.32. The smallest absolute Gasteiger partial charge is 0.224 e. The highest BCUT2D eigenvalue weighted by molar-refractivity contribution is 8.03. The molecule has 0 bridgehead atoms. The zero-order valence-electron chi connectivity index (χ0n) is 10.6. The first-order valence-corrected chi connectivity index (χ1v) is 9.23. The number of alkyl halides is 3. The monoisotopic (exact) mass is 340 g/mol. The second kappa shape index (κ2) is 5.13. The number of benzene rings is 1. The zero-order chi connectivity index (χ0) is 15.9. The molecule has 0 spiro atoms. The Morgan fingerprint density at radius 3 is 2.29 bits per heavy atom. The molecule has 9 heteroatoms. The van der Waals surface area contributed by atoms with Crippen LogP contribution in [-0.4, -0.2) is 28.3 Å². The minimum atomic E-state index is -4.63. The summed E-state index contributed by atoms with van der Waals surface area (Å²) in [5, 5.41) is 0.560. The lowest BCUT2D eigenvalue weighted by Crippen LogP contribution is -2.09. The van der Waals surface area contributed by atoms with E-state index in [0.717, 1.165) is 18.2 Å². The summed E-state index contributed by atoms with van der Waals surface area (Å²) in [6.07, 6.45) is -4.71. The van der Waals surface area contributed by atoms with E-state index in [1.54, 1.807) is 0 Å². The van der Waals surface area contributed by atoms with Crippen LogP contribution in [0.2, 0.25) is 0 Å². The molecule has 1 aliphatic rings. The first-order chi connectivity index (χ1) is 9.51. The lowest BCUT2D eigenvalue weighted by atomic mass is 10.1. The van der Waals surface area contributed by atoms with Crippen LogP contribution in [-0.2, 0) is 25.9 Å². The van der Waals surface area contributed by atoms with Gasteiger partial charge in [-0.15, -0.1) is 0 Å². The van der Waals surface area contributed by atoms with Gasteiger partial charge in [0.15, 0.2) is 19.7 Å². The first kappa shape index (κ1) is 16.0. The van der Waals surface area contributed by atoms with Crippen LogP contribution in [0.15, 0.2) is 29.7 Å².